The highest BCUT2D eigenvalue weighted by Gasteiger charge is 1.97. The van der Waals surface area contributed by atoms with E-state index in [4.69, 9.17) is 27.9 Å². The molecule has 1 aromatic rings. The van der Waals surface area contributed by atoms with Crippen molar-refractivity contribution in [1.29, 1.82) is 0 Å². The van der Waals surface area contributed by atoms with Gasteiger partial charge in [-0.25, -0.2) is 0 Å². The van der Waals surface area contributed by atoms with Crippen molar-refractivity contribution in [2.75, 3.05) is 20.3 Å². The zero-order valence-electron chi connectivity index (χ0n) is 8.02. The van der Waals surface area contributed by atoms with E-state index in [1.807, 2.05) is 12.1 Å². The number of hydrogen-bond donors (Lipinski definition) is 1. The summed E-state index contributed by atoms with van der Waals surface area (Å²) in [6.07, 6.45) is 0. The quantitative estimate of drug-likeness (QED) is 0.791. The molecule has 0 aromatic heterocycles. The zero-order valence-corrected chi connectivity index (χ0v) is 9.53. The summed E-state index contributed by atoms with van der Waals surface area (Å²) in [6, 6.07) is 5.52. The first-order valence-corrected chi connectivity index (χ1v) is 5.12. The fourth-order valence-electron chi connectivity index (χ4n) is 1.12. The smallest absolute Gasteiger partial charge is 0.0587 e. The van der Waals surface area contributed by atoms with Gasteiger partial charge >= 0.3 is 0 Å². The van der Waals surface area contributed by atoms with Gasteiger partial charge in [-0.3, -0.25) is 0 Å². The lowest BCUT2D eigenvalue weighted by Crippen LogP contribution is -2.18. The van der Waals surface area contributed by atoms with Gasteiger partial charge < -0.3 is 10.1 Å². The third kappa shape index (κ3) is 4.29. The van der Waals surface area contributed by atoms with Crippen LogP contribution in [0.25, 0.3) is 0 Å². The Balaban J connectivity index is 2.42. The van der Waals surface area contributed by atoms with E-state index in [0.717, 1.165) is 18.7 Å². The lowest BCUT2D eigenvalue weighted by atomic mass is 10.2. The molecule has 0 atom stereocenters. The molecule has 0 fully saturated rings. The molecule has 1 aromatic carbocycles. The third-order valence-electron chi connectivity index (χ3n) is 1.73. The third-order valence-corrected chi connectivity index (χ3v) is 2.17. The number of hydrogen-bond acceptors (Lipinski definition) is 2. The first-order valence-electron chi connectivity index (χ1n) is 4.37. The molecule has 0 unspecified atom stereocenters. The second-order valence-corrected chi connectivity index (χ2v) is 3.82. The highest BCUT2D eigenvalue weighted by Crippen LogP contribution is 2.18. The molecular formula is C10H13Cl2NO. The van der Waals surface area contributed by atoms with Gasteiger partial charge in [0.1, 0.15) is 0 Å². The van der Waals surface area contributed by atoms with Crippen LogP contribution >= 0.6 is 23.2 Å². The summed E-state index contributed by atoms with van der Waals surface area (Å²) in [5.41, 5.74) is 1.08. The average Bonchev–Trinajstić information content (AvgIpc) is 2.11. The lowest BCUT2D eigenvalue weighted by Gasteiger charge is -2.05. The largest absolute Gasteiger partial charge is 0.383 e. The van der Waals surface area contributed by atoms with Crippen LogP contribution in [-0.2, 0) is 11.3 Å². The maximum atomic E-state index is 5.85. The molecule has 0 aliphatic rings. The molecule has 0 bridgehead atoms. The van der Waals surface area contributed by atoms with E-state index in [1.54, 1.807) is 13.2 Å². The molecule has 0 aliphatic carbocycles. The molecule has 1 rings (SSSR count). The van der Waals surface area contributed by atoms with E-state index in [2.05, 4.69) is 5.32 Å². The molecular weight excluding hydrogens is 221 g/mol. The van der Waals surface area contributed by atoms with Crippen LogP contribution in [0.5, 0.6) is 0 Å². The molecule has 4 heteroatoms. The number of methoxy groups -OCH3 is 1. The van der Waals surface area contributed by atoms with E-state index >= 15 is 0 Å². The molecule has 0 saturated carbocycles. The topological polar surface area (TPSA) is 21.3 Å². The molecule has 0 aliphatic heterocycles. The van der Waals surface area contributed by atoms with Crippen molar-refractivity contribution >= 4 is 23.2 Å². The molecule has 14 heavy (non-hydrogen) atoms. The van der Waals surface area contributed by atoms with Crippen LogP contribution in [0.2, 0.25) is 10.0 Å². The maximum absolute atomic E-state index is 5.85. The Bertz CT molecular complexity index is 271. The molecule has 0 heterocycles. The standard InChI is InChI=1S/C10H13Cl2NO/c1-14-3-2-13-7-8-4-9(11)6-10(12)5-8/h4-6,13H,2-3,7H2,1H3. The monoisotopic (exact) mass is 233 g/mol. The number of rotatable bonds is 5. The molecule has 0 radical (unpaired) electrons. The van der Waals surface area contributed by atoms with Crippen LogP contribution < -0.4 is 5.32 Å². The van der Waals surface area contributed by atoms with Gasteiger partial charge in [0.2, 0.25) is 0 Å². The van der Waals surface area contributed by atoms with Gasteiger partial charge in [0.15, 0.2) is 0 Å². The van der Waals surface area contributed by atoms with E-state index < -0.39 is 0 Å². The normalized spacial score (nSPS) is 10.5. The predicted octanol–water partition coefficient (Wildman–Crippen LogP) is 2.73. The van der Waals surface area contributed by atoms with Gasteiger partial charge in [0, 0.05) is 30.2 Å². The van der Waals surface area contributed by atoms with Crippen LogP contribution in [0, 0.1) is 0 Å². The van der Waals surface area contributed by atoms with Crippen molar-refractivity contribution in [2.45, 2.75) is 6.54 Å². The first-order chi connectivity index (χ1) is 6.72. The summed E-state index contributed by atoms with van der Waals surface area (Å²) >= 11 is 11.7. The molecule has 1 N–H and O–H groups in total. The molecule has 0 saturated heterocycles. The Morgan fingerprint density at radius 3 is 2.43 bits per heavy atom. The van der Waals surface area contributed by atoms with Gasteiger partial charge in [0.05, 0.1) is 6.61 Å². The average molecular weight is 234 g/mol. The number of benzene rings is 1. The van der Waals surface area contributed by atoms with Crippen LogP contribution in [0.4, 0.5) is 0 Å². The number of ether oxygens (including phenoxy) is 1. The Labute approximate surface area is 94.2 Å². The van der Waals surface area contributed by atoms with Crippen molar-refractivity contribution < 1.29 is 4.74 Å². The first kappa shape index (κ1) is 11.8. The fourth-order valence-corrected chi connectivity index (χ4v) is 1.69. The highest BCUT2D eigenvalue weighted by atomic mass is 35.5. The SMILES string of the molecule is COCCNCc1cc(Cl)cc(Cl)c1. The summed E-state index contributed by atoms with van der Waals surface area (Å²) in [6.45, 7) is 2.28. The molecule has 0 amide bonds. The number of nitrogens with one attached hydrogen (secondary N) is 1. The molecule has 0 spiro atoms. The lowest BCUT2D eigenvalue weighted by molar-refractivity contribution is 0.199. The Kier molecular flexibility index (Phi) is 5.26. The van der Waals surface area contributed by atoms with Crippen molar-refractivity contribution in [3.8, 4) is 0 Å². The van der Waals surface area contributed by atoms with E-state index in [-0.39, 0.29) is 0 Å². The minimum absolute atomic E-state index is 0.668. The zero-order chi connectivity index (χ0) is 10.4. The van der Waals surface area contributed by atoms with Gasteiger partial charge in [-0.2, -0.15) is 0 Å². The van der Waals surface area contributed by atoms with Crippen LogP contribution in [0.3, 0.4) is 0 Å². The van der Waals surface area contributed by atoms with Crippen molar-refractivity contribution in [3.05, 3.63) is 33.8 Å². The Hall–Kier alpha value is -0.280. The van der Waals surface area contributed by atoms with Crippen LogP contribution in [0.1, 0.15) is 5.56 Å². The second kappa shape index (κ2) is 6.25. The fraction of sp³-hybridized carbons (Fsp3) is 0.400. The van der Waals surface area contributed by atoms with E-state index in [0.29, 0.717) is 16.7 Å². The van der Waals surface area contributed by atoms with Crippen LogP contribution in [-0.4, -0.2) is 20.3 Å². The molecule has 78 valence electrons. The van der Waals surface area contributed by atoms with Gasteiger partial charge in [0.25, 0.3) is 0 Å². The van der Waals surface area contributed by atoms with Gasteiger partial charge in [-0.05, 0) is 23.8 Å². The maximum Gasteiger partial charge on any atom is 0.0587 e. The van der Waals surface area contributed by atoms with Gasteiger partial charge in [-0.1, -0.05) is 23.2 Å². The summed E-state index contributed by atoms with van der Waals surface area (Å²) in [7, 11) is 1.68. The van der Waals surface area contributed by atoms with E-state index in [1.165, 1.54) is 0 Å². The van der Waals surface area contributed by atoms with Crippen molar-refractivity contribution in [2.24, 2.45) is 0 Å². The van der Waals surface area contributed by atoms with Crippen molar-refractivity contribution in [3.63, 3.8) is 0 Å². The Morgan fingerprint density at radius 1 is 1.21 bits per heavy atom. The minimum atomic E-state index is 0.668. The van der Waals surface area contributed by atoms with E-state index in [9.17, 15) is 0 Å². The second-order valence-electron chi connectivity index (χ2n) is 2.95. The van der Waals surface area contributed by atoms with Crippen molar-refractivity contribution in [1.82, 2.24) is 5.32 Å². The highest BCUT2D eigenvalue weighted by molar-refractivity contribution is 6.34. The summed E-state index contributed by atoms with van der Waals surface area (Å²) < 4.78 is 4.91. The predicted molar refractivity (Wildman–Crippen MR) is 60.0 cm³/mol. The minimum Gasteiger partial charge on any atom is -0.383 e. The number of halogens is 2. The summed E-state index contributed by atoms with van der Waals surface area (Å²) in [4.78, 5) is 0. The summed E-state index contributed by atoms with van der Waals surface area (Å²) in [5.74, 6) is 0. The Morgan fingerprint density at radius 2 is 1.86 bits per heavy atom. The van der Waals surface area contributed by atoms with Gasteiger partial charge in [-0.15, -0.1) is 0 Å². The molecule has 2 nitrogen and oxygen atoms in total. The summed E-state index contributed by atoms with van der Waals surface area (Å²) in [5, 5.41) is 4.55. The van der Waals surface area contributed by atoms with Crippen LogP contribution in [0.15, 0.2) is 18.2 Å².